The Morgan fingerprint density at radius 1 is 1.18 bits per heavy atom. The van der Waals surface area contributed by atoms with Gasteiger partial charge in [-0.2, -0.15) is 0 Å². The van der Waals surface area contributed by atoms with Crippen LogP contribution in [0.2, 0.25) is 0 Å². The third kappa shape index (κ3) is 2.37. The first-order chi connectivity index (χ1) is 8.27. The van der Waals surface area contributed by atoms with Gasteiger partial charge in [0.05, 0.1) is 5.60 Å². The maximum atomic E-state index is 9.75. The Bertz CT molecular complexity index is 510. The molecule has 1 aromatic carbocycles. The van der Waals surface area contributed by atoms with Crippen molar-refractivity contribution in [1.82, 2.24) is 4.98 Å². The van der Waals surface area contributed by atoms with E-state index in [2.05, 4.69) is 35.4 Å². The lowest BCUT2D eigenvalue weighted by Crippen LogP contribution is -2.05. The molecule has 0 spiro atoms. The normalized spacial score (nSPS) is 17.5. The second-order valence-electron chi connectivity index (χ2n) is 5.29. The third-order valence-electron chi connectivity index (χ3n) is 3.84. The van der Waals surface area contributed by atoms with Gasteiger partial charge in [0.1, 0.15) is 0 Å². The predicted octanol–water partition coefficient (Wildman–Crippen LogP) is 3.41. The molecule has 3 rings (SSSR count). The minimum absolute atomic E-state index is 0.278. The largest absolute Gasteiger partial charge is 0.390 e. The molecule has 17 heavy (non-hydrogen) atoms. The van der Waals surface area contributed by atoms with Crippen molar-refractivity contribution in [1.29, 1.82) is 0 Å². The van der Waals surface area contributed by atoms with Crippen molar-refractivity contribution in [2.75, 3.05) is 0 Å². The summed E-state index contributed by atoms with van der Waals surface area (Å²) < 4.78 is 0. The van der Waals surface area contributed by atoms with Crippen molar-refractivity contribution >= 4 is 10.9 Å². The number of fused-ring (bicyclic) bond motifs is 1. The van der Waals surface area contributed by atoms with Crippen LogP contribution >= 0.6 is 0 Å². The van der Waals surface area contributed by atoms with Gasteiger partial charge in [-0.1, -0.05) is 24.6 Å². The Hall–Kier alpha value is -1.28. The fourth-order valence-electron chi connectivity index (χ4n) is 2.50. The lowest BCUT2D eigenvalue weighted by atomic mass is 10.0. The zero-order valence-corrected chi connectivity index (χ0v) is 10.1. The van der Waals surface area contributed by atoms with E-state index < -0.39 is 0 Å². The second-order valence-corrected chi connectivity index (χ2v) is 5.29. The minimum atomic E-state index is -0.278. The topological polar surface area (TPSA) is 36.0 Å². The highest BCUT2D eigenvalue weighted by molar-refractivity contribution is 5.82. The number of unbranched alkanes of at least 4 members (excludes halogenated alkanes) is 1. The monoisotopic (exact) mass is 229 g/mol. The zero-order chi connectivity index (χ0) is 11.7. The summed E-state index contributed by atoms with van der Waals surface area (Å²) in [5.41, 5.74) is 2.35. The minimum Gasteiger partial charge on any atom is -0.390 e. The van der Waals surface area contributed by atoms with Crippen molar-refractivity contribution in [2.24, 2.45) is 0 Å². The quantitative estimate of drug-likeness (QED) is 0.757. The van der Waals surface area contributed by atoms with E-state index in [0.29, 0.717) is 0 Å². The first-order valence-electron chi connectivity index (χ1n) is 6.54. The molecule has 0 radical (unpaired) electrons. The van der Waals surface area contributed by atoms with Crippen LogP contribution in [0.3, 0.4) is 0 Å². The highest BCUT2D eigenvalue weighted by Crippen LogP contribution is 2.39. The number of aromatic amines is 1. The maximum absolute atomic E-state index is 9.75. The van der Waals surface area contributed by atoms with Crippen LogP contribution in [-0.4, -0.2) is 15.7 Å². The molecule has 90 valence electrons. The van der Waals surface area contributed by atoms with Crippen molar-refractivity contribution in [3.8, 4) is 0 Å². The number of benzene rings is 1. The van der Waals surface area contributed by atoms with E-state index in [1.54, 1.807) is 0 Å². The molecule has 2 nitrogen and oxygen atoms in total. The molecule has 0 unspecified atom stereocenters. The van der Waals surface area contributed by atoms with Crippen LogP contribution in [-0.2, 0) is 6.42 Å². The van der Waals surface area contributed by atoms with Crippen LogP contribution in [0.1, 0.15) is 37.7 Å². The van der Waals surface area contributed by atoms with E-state index in [9.17, 15) is 5.11 Å². The third-order valence-corrected chi connectivity index (χ3v) is 3.84. The van der Waals surface area contributed by atoms with Gasteiger partial charge in [0.15, 0.2) is 0 Å². The SMILES string of the molecule is OC1(CCCCc2c[nH]c3ccccc23)CC1. The van der Waals surface area contributed by atoms with Crippen LogP contribution < -0.4 is 0 Å². The van der Waals surface area contributed by atoms with Crippen molar-refractivity contribution in [2.45, 2.75) is 44.1 Å². The Labute approximate surface area is 102 Å². The summed E-state index contributed by atoms with van der Waals surface area (Å²) in [6.45, 7) is 0. The Morgan fingerprint density at radius 3 is 2.82 bits per heavy atom. The summed E-state index contributed by atoms with van der Waals surface area (Å²) in [6.07, 6.45) is 8.55. The molecule has 0 amide bonds. The lowest BCUT2D eigenvalue weighted by molar-refractivity contribution is 0.136. The van der Waals surface area contributed by atoms with Gasteiger partial charge in [-0.15, -0.1) is 0 Å². The number of hydrogen-bond acceptors (Lipinski definition) is 1. The molecule has 1 aliphatic carbocycles. The fraction of sp³-hybridized carbons (Fsp3) is 0.467. The highest BCUT2D eigenvalue weighted by Gasteiger charge is 2.39. The number of aliphatic hydroxyl groups is 1. The van der Waals surface area contributed by atoms with Gasteiger partial charge in [0, 0.05) is 17.1 Å². The number of H-pyrrole nitrogens is 1. The molecule has 0 saturated heterocycles. The summed E-state index contributed by atoms with van der Waals surface area (Å²) in [7, 11) is 0. The highest BCUT2D eigenvalue weighted by atomic mass is 16.3. The number of rotatable bonds is 5. The van der Waals surface area contributed by atoms with E-state index >= 15 is 0 Å². The summed E-state index contributed by atoms with van der Waals surface area (Å²) >= 11 is 0. The molecule has 0 atom stereocenters. The molecule has 2 heteroatoms. The van der Waals surface area contributed by atoms with Gasteiger partial charge in [-0.25, -0.2) is 0 Å². The van der Waals surface area contributed by atoms with Gasteiger partial charge < -0.3 is 10.1 Å². The predicted molar refractivity (Wildman–Crippen MR) is 70.0 cm³/mol. The molecule has 0 bridgehead atoms. The van der Waals surface area contributed by atoms with E-state index in [1.807, 2.05) is 0 Å². The average Bonchev–Trinajstić information content (AvgIpc) is 2.94. The van der Waals surface area contributed by atoms with Gasteiger partial charge in [-0.05, 0) is 43.7 Å². The van der Waals surface area contributed by atoms with Gasteiger partial charge >= 0.3 is 0 Å². The van der Waals surface area contributed by atoms with E-state index in [4.69, 9.17) is 0 Å². The van der Waals surface area contributed by atoms with Crippen LogP contribution in [0.25, 0.3) is 10.9 Å². The van der Waals surface area contributed by atoms with Gasteiger partial charge in [-0.3, -0.25) is 0 Å². The van der Waals surface area contributed by atoms with Crippen LogP contribution in [0, 0.1) is 0 Å². The Kier molecular flexibility index (Phi) is 2.67. The molecule has 1 heterocycles. The molecule has 2 aromatic rings. The Balaban J connectivity index is 1.57. The zero-order valence-electron chi connectivity index (χ0n) is 10.1. The maximum Gasteiger partial charge on any atom is 0.0650 e. The number of aryl methyl sites for hydroxylation is 1. The van der Waals surface area contributed by atoms with Crippen LogP contribution in [0.15, 0.2) is 30.5 Å². The fourth-order valence-corrected chi connectivity index (χ4v) is 2.50. The molecule has 2 N–H and O–H groups in total. The van der Waals surface area contributed by atoms with Crippen LogP contribution in [0.5, 0.6) is 0 Å². The van der Waals surface area contributed by atoms with Gasteiger partial charge in [0.25, 0.3) is 0 Å². The second kappa shape index (κ2) is 4.19. The molecule has 1 saturated carbocycles. The van der Waals surface area contributed by atoms with Crippen molar-refractivity contribution in [3.63, 3.8) is 0 Å². The van der Waals surface area contributed by atoms with Crippen molar-refractivity contribution in [3.05, 3.63) is 36.0 Å². The number of para-hydroxylation sites is 1. The van der Waals surface area contributed by atoms with E-state index in [0.717, 1.165) is 32.1 Å². The summed E-state index contributed by atoms with van der Waals surface area (Å²) in [5, 5.41) is 11.1. The molecule has 1 aliphatic rings. The van der Waals surface area contributed by atoms with Crippen LogP contribution in [0.4, 0.5) is 0 Å². The van der Waals surface area contributed by atoms with E-state index in [1.165, 1.54) is 22.9 Å². The first-order valence-corrected chi connectivity index (χ1v) is 6.54. The number of nitrogens with one attached hydrogen (secondary N) is 1. The molecular formula is C15H19NO. The summed E-state index contributed by atoms with van der Waals surface area (Å²) in [6, 6.07) is 8.44. The average molecular weight is 229 g/mol. The smallest absolute Gasteiger partial charge is 0.0650 e. The standard InChI is InChI=1S/C15H19NO/c17-15(9-10-15)8-4-3-5-12-11-16-14-7-2-1-6-13(12)14/h1-2,6-7,11,16-17H,3-5,8-10H2. The van der Waals surface area contributed by atoms with E-state index in [-0.39, 0.29) is 5.60 Å². The van der Waals surface area contributed by atoms with Gasteiger partial charge in [0.2, 0.25) is 0 Å². The first kappa shape index (κ1) is 10.8. The number of hydrogen-bond donors (Lipinski definition) is 2. The number of aromatic nitrogens is 1. The Morgan fingerprint density at radius 2 is 2.00 bits per heavy atom. The molecule has 1 aromatic heterocycles. The lowest BCUT2D eigenvalue weighted by Gasteiger charge is -2.06. The molecular weight excluding hydrogens is 210 g/mol. The summed E-state index contributed by atoms with van der Waals surface area (Å²) in [4.78, 5) is 3.31. The summed E-state index contributed by atoms with van der Waals surface area (Å²) in [5.74, 6) is 0. The molecule has 1 fully saturated rings. The molecule has 0 aliphatic heterocycles. The van der Waals surface area contributed by atoms with Crippen molar-refractivity contribution < 1.29 is 5.11 Å².